The second-order valence-electron chi connectivity index (χ2n) is 6.03. The average Bonchev–Trinajstić information content (AvgIpc) is 2.84. The maximum absolute atomic E-state index is 3.79. The van der Waals surface area contributed by atoms with Crippen molar-refractivity contribution in [3.05, 3.63) is 0 Å². The molecular weight excluding hydrogens is 182 g/mol. The van der Waals surface area contributed by atoms with E-state index in [2.05, 4.69) is 19.2 Å². The predicted molar refractivity (Wildman–Crippen MR) is 65.9 cm³/mol. The zero-order valence-electron chi connectivity index (χ0n) is 10.5. The third kappa shape index (κ3) is 3.21. The van der Waals surface area contributed by atoms with E-state index in [4.69, 9.17) is 0 Å². The molecule has 2 saturated carbocycles. The van der Waals surface area contributed by atoms with Gasteiger partial charge in [-0.2, -0.15) is 0 Å². The van der Waals surface area contributed by atoms with Crippen LogP contribution in [0.3, 0.4) is 0 Å². The molecule has 0 bridgehead atoms. The Balaban J connectivity index is 1.64. The molecule has 3 unspecified atom stereocenters. The fourth-order valence-electron chi connectivity index (χ4n) is 3.49. The Morgan fingerprint density at radius 2 is 1.87 bits per heavy atom. The maximum Gasteiger partial charge on any atom is 0.00671 e. The van der Waals surface area contributed by atoms with Crippen LogP contribution >= 0.6 is 0 Å². The van der Waals surface area contributed by atoms with Crippen LogP contribution in [0.5, 0.6) is 0 Å². The summed E-state index contributed by atoms with van der Waals surface area (Å²) in [5.74, 6) is 2.94. The summed E-state index contributed by atoms with van der Waals surface area (Å²) in [4.78, 5) is 0. The zero-order chi connectivity index (χ0) is 10.7. The average molecular weight is 209 g/mol. The van der Waals surface area contributed by atoms with Crippen LogP contribution in [0.25, 0.3) is 0 Å². The van der Waals surface area contributed by atoms with Crippen molar-refractivity contribution in [2.45, 2.75) is 64.8 Å². The van der Waals surface area contributed by atoms with E-state index in [0.717, 1.165) is 23.8 Å². The first-order valence-electron chi connectivity index (χ1n) is 6.99. The third-order valence-corrected chi connectivity index (χ3v) is 4.64. The minimum absolute atomic E-state index is 0.767. The van der Waals surface area contributed by atoms with Crippen molar-refractivity contribution in [2.75, 3.05) is 6.54 Å². The van der Waals surface area contributed by atoms with E-state index in [9.17, 15) is 0 Å². The molecule has 0 amide bonds. The predicted octanol–water partition coefficient (Wildman–Crippen LogP) is 3.59. The highest BCUT2D eigenvalue weighted by Crippen LogP contribution is 2.31. The van der Waals surface area contributed by atoms with Crippen LogP contribution in [0, 0.1) is 17.8 Å². The highest BCUT2D eigenvalue weighted by atomic mass is 14.9. The van der Waals surface area contributed by atoms with Gasteiger partial charge in [-0.25, -0.2) is 0 Å². The summed E-state index contributed by atoms with van der Waals surface area (Å²) in [7, 11) is 0. The minimum atomic E-state index is 0.767. The van der Waals surface area contributed by atoms with Gasteiger partial charge in [0.25, 0.3) is 0 Å². The molecule has 0 spiro atoms. The van der Waals surface area contributed by atoms with Gasteiger partial charge in [0, 0.05) is 6.04 Å². The van der Waals surface area contributed by atoms with Crippen molar-refractivity contribution >= 4 is 0 Å². The van der Waals surface area contributed by atoms with Gasteiger partial charge in [-0.3, -0.25) is 0 Å². The molecule has 0 aromatic rings. The maximum atomic E-state index is 3.79. The second-order valence-corrected chi connectivity index (χ2v) is 6.03. The van der Waals surface area contributed by atoms with Gasteiger partial charge in [0.1, 0.15) is 0 Å². The van der Waals surface area contributed by atoms with E-state index in [1.54, 1.807) is 0 Å². The van der Waals surface area contributed by atoms with Crippen molar-refractivity contribution in [3.8, 4) is 0 Å². The van der Waals surface area contributed by atoms with Crippen molar-refractivity contribution in [3.63, 3.8) is 0 Å². The number of hydrogen-bond donors (Lipinski definition) is 1. The molecular formula is C14H27N. The minimum Gasteiger partial charge on any atom is -0.314 e. The SMILES string of the molecule is CC1CCC(CNC(C)C2CCCC2)C1. The van der Waals surface area contributed by atoms with Crippen LogP contribution in [0.1, 0.15) is 58.8 Å². The van der Waals surface area contributed by atoms with Gasteiger partial charge < -0.3 is 5.32 Å². The molecule has 3 atom stereocenters. The fourth-order valence-corrected chi connectivity index (χ4v) is 3.49. The Labute approximate surface area is 95.0 Å². The lowest BCUT2D eigenvalue weighted by Crippen LogP contribution is -2.35. The Hall–Kier alpha value is -0.0400. The molecule has 2 fully saturated rings. The van der Waals surface area contributed by atoms with Crippen molar-refractivity contribution in [1.82, 2.24) is 5.32 Å². The molecule has 0 aromatic carbocycles. The van der Waals surface area contributed by atoms with Crippen LogP contribution in [0.4, 0.5) is 0 Å². The first-order valence-corrected chi connectivity index (χ1v) is 6.99. The van der Waals surface area contributed by atoms with Gasteiger partial charge in [-0.05, 0) is 56.9 Å². The fraction of sp³-hybridized carbons (Fsp3) is 1.00. The molecule has 0 radical (unpaired) electrons. The standard InChI is InChI=1S/C14H27N/c1-11-7-8-13(9-11)10-15-12(2)14-5-3-4-6-14/h11-15H,3-10H2,1-2H3. The van der Waals surface area contributed by atoms with Crippen molar-refractivity contribution in [2.24, 2.45) is 17.8 Å². The molecule has 0 heterocycles. The summed E-state index contributed by atoms with van der Waals surface area (Å²) >= 11 is 0. The Bertz CT molecular complexity index is 184. The summed E-state index contributed by atoms with van der Waals surface area (Å²) in [6, 6.07) is 0.767. The molecule has 15 heavy (non-hydrogen) atoms. The first-order chi connectivity index (χ1) is 7.25. The molecule has 2 aliphatic rings. The first kappa shape index (κ1) is 11.4. The molecule has 1 nitrogen and oxygen atoms in total. The van der Waals surface area contributed by atoms with Crippen LogP contribution in [-0.2, 0) is 0 Å². The van der Waals surface area contributed by atoms with E-state index in [1.807, 2.05) is 0 Å². The lowest BCUT2D eigenvalue weighted by molar-refractivity contribution is 0.350. The molecule has 0 saturated heterocycles. The van der Waals surface area contributed by atoms with Crippen LogP contribution in [0.15, 0.2) is 0 Å². The van der Waals surface area contributed by atoms with Crippen molar-refractivity contribution < 1.29 is 0 Å². The van der Waals surface area contributed by atoms with E-state index in [1.165, 1.54) is 51.5 Å². The number of hydrogen-bond acceptors (Lipinski definition) is 1. The van der Waals surface area contributed by atoms with E-state index >= 15 is 0 Å². The Morgan fingerprint density at radius 3 is 2.47 bits per heavy atom. The molecule has 2 rings (SSSR count). The quantitative estimate of drug-likeness (QED) is 0.746. The molecule has 1 heteroatoms. The van der Waals surface area contributed by atoms with Gasteiger partial charge >= 0.3 is 0 Å². The molecule has 2 aliphatic carbocycles. The van der Waals surface area contributed by atoms with Crippen LogP contribution < -0.4 is 5.32 Å². The highest BCUT2D eigenvalue weighted by molar-refractivity contribution is 4.80. The highest BCUT2D eigenvalue weighted by Gasteiger charge is 2.24. The molecule has 0 aliphatic heterocycles. The third-order valence-electron chi connectivity index (χ3n) is 4.64. The summed E-state index contributed by atoms with van der Waals surface area (Å²) in [6.07, 6.45) is 10.3. The van der Waals surface area contributed by atoms with Gasteiger partial charge in [0.2, 0.25) is 0 Å². The zero-order valence-corrected chi connectivity index (χ0v) is 10.5. The largest absolute Gasteiger partial charge is 0.314 e. The van der Waals surface area contributed by atoms with Crippen molar-refractivity contribution in [1.29, 1.82) is 0 Å². The Kier molecular flexibility index (Phi) is 4.07. The summed E-state index contributed by atoms with van der Waals surface area (Å²) < 4.78 is 0. The van der Waals surface area contributed by atoms with E-state index in [0.29, 0.717) is 0 Å². The molecule has 1 N–H and O–H groups in total. The summed E-state index contributed by atoms with van der Waals surface area (Å²) in [5, 5.41) is 3.79. The Morgan fingerprint density at radius 1 is 1.13 bits per heavy atom. The van der Waals surface area contributed by atoms with Gasteiger partial charge in [-0.15, -0.1) is 0 Å². The van der Waals surface area contributed by atoms with E-state index < -0.39 is 0 Å². The second kappa shape index (κ2) is 5.34. The topological polar surface area (TPSA) is 12.0 Å². The number of rotatable bonds is 4. The van der Waals surface area contributed by atoms with Gasteiger partial charge in [0.15, 0.2) is 0 Å². The summed E-state index contributed by atoms with van der Waals surface area (Å²) in [5.41, 5.74) is 0. The lowest BCUT2D eigenvalue weighted by atomic mass is 9.98. The number of nitrogens with one attached hydrogen (secondary N) is 1. The normalized spacial score (nSPS) is 34.8. The molecule has 0 aromatic heterocycles. The lowest BCUT2D eigenvalue weighted by Gasteiger charge is -2.22. The van der Waals surface area contributed by atoms with Gasteiger partial charge in [0.05, 0.1) is 0 Å². The summed E-state index contributed by atoms with van der Waals surface area (Å²) in [6.45, 7) is 6.08. The van der Waals surface area contributed by atoms with Gasteiger partial charge in [-0.1, -0.05) is 26.2 Å². The molecule has 88 valence electrons. The van der Waals surface area contributed by atoms with Crippen LogP contribution in [0.2, 0.25) is 0 Å². The van der Waals surface area contributed by atoms with E-state index in [-0.39, 0.29) is 0 Å². The smallest absolute Gasteiger partial charge is 0.00671 e. The monoisotopic (exact) mass is 209 g/mol. The van der Waals surface area contributed by atoms with Crippen LogP contribution in [-0.4, -0.2) is 12.6 Å².